The molecule has 134 valence electrons. The fourth-order valence-electron chi connectivity index (χ4n) is 3.96. The largest absolute Gasteiger partial charge is 0.465 e. The molecule has 9 nitrogen and oxygen atoms in total. The zero-order valence-corrected chi connectivity index (χ0v) is 14.0. The molecular weight excluding hydrogens is 318 g/mol. The van der Waals surface area contributed by atoms with Crippen LogP contribution >= 0.6 is 0 Å². The Kier molecular flexibility index (Phi) is 4.16. The maximum Gasteiger partial charge on any atom is 0.407 e. The Hall–Kier alpha value is -1.87. The quantitative estimate of drug-likeness (QED) is 0.731. The van der Waals surface area contributed by atoms with Gasteiger partial charge in [-0.25, -0.2) is 4.79 Å². The summed E-state index contributed by atoms with van der Waals surface area (Å²) < 4.78 is 11.6. The molecule has 1 unspecified atom stereocenters. The van der Waals surface area contributed by atoms with Crippen LogP contribution in [-0.2, 0) is 19.1 Å². The molecule has 24 heavy (non-hydrogen) atoms. The molecule has 0 aromatic rings. The first-order chi connectivity index (χ1) is 11.3. The topological polar surface area (TPSA) is 99.6 Å². The summed E-state index contributed by atoms with van der Waals surface area (Å²) in [6.45, 7) is 3.11. The van der Waals surface area contributed by atoms with Gasteiger partial charge >= 0.3 is 6.09 Å². The van der Waals surface area contributed by atoms with Gasteiger partial charge in [0.05, 0.1) is 25.3 Å². The molecule has 0 radical (unpaired) electrons. The highest BCUT2D eigenvalue weighted by molar-refractivity contribution is 5.84. The van der Waals surface area contributed by atoms with Gasteiger partial charge in [-0.1, -0.05) is 0 Å². The minimum Gasteiger partial charge on any atom is -0.465 e. The monoisotopic (exact) mass is 341 g/mol. The summed E-state index contributed by atoms with van der Waals surface area (Å²) in [5.41, 5.74) is -1.63. The van der Waals surface area contributed by atoms with Gasteiger partial charge < -0.3 is 24.4 Å². The number of carbonyl (C=O) groups is 3. The van der Waals surface area contributed by atoms with E-state index in [1.54, 1.807) is 9.80 Å². The summed E-state index contributed by atoms with van der Waals surface area (Å²) in [6.07, 6.45) is 0.0958. The van der Waals surface area contributed by atoms with Crippen molar-refractivity contribution in [3.05, 3.63) is 0 Å². The molecule has 3 aliphatic heterocycles. The van der Waals surface area contributed by atoms with E-state index in [1.165, 1.54) is 14.0 Å². The molecule has 3 saturated heterocycles. The normalized spacial score (nSPS) is 29.1. The van der Waals surface area contributed by atoms with Gasteiger partial charge in [-0.2, -0.15) is 0 Å². The van der Waals surface area contributed by atoms with E-state index in [1.807, 2.05) is 0 Å². The zero-order chi connectivity index (χ0) is 17.5. The Balaban J connectivity index is 1.83. The number of hydrogen-bond donors (Lipinski definition) is 1. The van der Waals surface area contributed by atoms with Gasteiger partial charge in [0.15, 0.2) is 5.72 Å². The van der Waals surface area contributed by atoms with Crippen molar-refractivity contribution >= 4 is 17.9 Å². The Labute approximate surface area is 140 Å². The van der Waals surface area contributed by atoms with Crippen LogP contribution in [0.4, 0.5) is 4.79 Å². The minimum atomic E-state index is -1.14. The van der Waals surface area contributed by atoms with Crippen molar-refractivity contribution in [2.75, 3.05) is 46.4 Å². The second-order valence-corrected chi connectivity index (χ2v) is 6.79. The number of rotatable bonds is 2. The van der Waals surface area contributed by atoms with E-state index in [9.17, 15) is 19.5 Å². The average molecular weight is 341 g/mol. The third-order valence-electron chi connectivity index (χ3n) is 5.17. The van der Waals surface area contributed by atoms with Gasteiger partial charge in [0.1, 0.15) is 6.54 Å². The summed E-state index contributed by atoms with van der Waals surface area (Å²) in [5, 5.41) is 9.27. The third-order valence-corrected chi connectivity index (χ3v) is 5.17. The summed E-state index contributed by atoms with van der Waals surface area (Å²) in [7, 11) is 1.50. The van der Waals surface area contributed by atoms with Crippen LogP contribution in [0.1, 0.15) is 19.8 Å². The number of amides is 3. The molecule has 1 spiro atoms. The van der Waals surface area contributed by atoms with Crippen LogP contribution in [0.3, 0.4) is 0 Å². The maximum atomic E-state index is 12.5. The smallest absolute Gasteiger partial charge is 0.407 e. The molecule has 3 amide bonds. The van der Waals surface area contributed by atoms with Crippen LogP contribution in [0.25, 0.3) is 0 Å². The number of likely N-dealkylation sites (tertiary alicyclic amines) is 1. The van der Waals surface area contributed by atoms with Gasteiger partial charge in [-0.15, -0.1) is 0 Å². The second kappa shape index (κ2) is 5.89. The Bertz CT molecular complexity index is 559. The number of carbonyl (C=O) groups excluding carboxylic acids is 2. The van der Waals surface area contributed by atoms with Gasteiger partial charge in [0.25, 0.3) is 0 Å². The van der Waals surface area contributed by atoms with E-state index in [-0.39, 0.29) is 31.5 Å². The van der Waals surface area contributed by atoms with Gasteiger partial charge in [-0.3, -0.25) is 14.5 Å². The average Bonchev–Trinajstić information content (AvgIpc) is 2.82. The van der Waals surface area contributed by atoms with Crippen LogP contribution in [0.15, 0.2) is 0 Å². The molecule has 0 bridgehead atoms. The molecule has 9 heteroatoms. The van der Waals surface area contributed by atoms with Crippen molar-refractivity contribution in [2.24, 2.45) is 0 Å². The van der Waals surface area contributed by atoms with Crippen molar-refractivity contribution in [2.45, 2.75) is 31.1 Å². The lowest BCUT2D eigenvalue weighted by Gasteiger charge is -2.44. The Morgan fingerprint density at radius 2 is 1.92 bits per heavy atom. The highest BCUT2D eigenvalue weighted by Crippen LogP contribution is 2.43. The Morgan fingerprint density at radius 1 is 1.25 bits per heavy atom. The first-order valence-corrected chi connectivity index (χ1v) is 8.04. The predicted molar refractivity (Wildman–Crippen MR) is 81.2 cm³/mol. The maximum absolute atomic E-state index is 12.5. The minimum absolute atomic E-state index is 0.0281. The van der Waals surface area contributed by atoms with Crippen LogP contribution < -0.4 is 0 Å². The molecule has 0 aromatic heterocycles. The standard InChI is InChI=1S/C15H23N3O6/c1-11(19)16-5-3-14(4-6-16)8-18-12(20)7-17(13(21)22)9-15(18,24-14)10-23-2/h3-10H2,1-2H3,(H,21,22). The number of nitrogens with zero attached hydrogens (tertiary/aromatic N) is 3. The summed E-state index contributed by atoms with van der Waals surface area (Å²) in [4.78, 5) is 39.8. The lowest BCUT2D eigenvalue weighted by atomic mass is 9.91. The summed E-state index contributed by atoms with van der Waals surface area (Å²) in [5.74, 6) is -0.244. The predicted octanol–water partition coefficient (Wildman–Crippen LogP) is -0.437. The SMILES string of the molecule is COCC12CN(C(=O)O)CC(=O)N1CC1(CCN(C(C)=O)CC1)O2. The van der Waals surface area contributed by atoms with Crippen molar-refractivity contribution in [1.82, 2.24) is 14.7 Å². The Morgan fingerprint density at radius 3 is 2.46 bits per heavy atom. The molecule has 1 N–H and O–H groups in total. The molecule has 3 fully saturated rings. The molecule has 3 heterocycles. The third kappa shape index (κ3) is 2.71. The molecule has 0 aliphatic carbocycles. The van der Waals surface area contributed by atoms with E-state index in [0.717, 1.165) is 4.90 Å². The zero-order valence-electron chi connectivity index (χ0n) is 14.0. The number of ether oxygens (including phenoxy) is 2. The number of carboxylic acid groups (broad SMARTS) is 1. The molecule has 0 saturated carbocycles. The lowest BCUT2D eigenvalue weighted by molar-refractivity contribution is -0.201. The van der Waals surface area contributed by atoms with E-state index in [2.05, 4.69) is 0 Å². The van der Waals surface area contributed by atoms with Crippen molar-refractivity contribution in [3.63, 3.8) is 0 Å². The van der Waals surface area contributed by atoms with Crippen molar-refractivity contribution in [1.29, 1.82) is 0 Å². The van der Waals surface area contributed by atoms with E-state index < -0.39 is 17.4 Å². The van der Waals surface area contributed by atoms with Crippen molar-refractivity contribution in [3.8, 4) is 0 Å². The molecule has 1 atom stereocenters. The summed E-state index contributed by atoms with van der Waals surface area (Å²) >= 11 is 0. The van der Waals surface area contributed by atoms with E-state index in [4.69, 9.17) is 9.47 Å². The number of hydrogen-bond acceptors (Lipinski definition) is 5. The van der Waals surface area contributed by atoms with Crippen LogP contribution in [0, 0.1) is 0 Å². The van der Waals surface area contributed by atoms with Gasteiger partial charge in [0, 0.05) is 27.1 Å². The molecule has 0 aromatic carbocycles. The fraction of sp³-hybridized carbons (Fsp3) is 0.800. The highest BCUT2D eigenvalue weighted by atomic mass is 16.6. The number of fused-ring (bicyclic) bond motifs is 1. The number of methoxy groups -OCH3 is 1. The van der Waals surface area contributed by atoms with Gasteiger partial charge in [0.2, 0.25) is 11.8 Å². The van der Waals surface area contributed by atoms with Crippen LogP contribution in [-0.4, -0.2) is 95.5 Å². The highest BCUT2D eigenvalue weighted by Gasteiger charge is 2.60. The van der Waals surface area contributed by atoms with Crippen LogP contribution in [0.2, 0.25) is 0 Å². The van der Waals surface area contributed by atoms with E-state index >= 15 is 0 Å². The first-order valence-electron chi connectivity index (χ1n) is 8.04. The fourth-order valence-corrected chi connectivity index (χ4v) is 3.96. The molecule has 3 aliphatic rings. The number of piperazine rings is 1. The molecular formula is C15H23N3O6. The molecule has 3 rings (SSSR count). The van der Waals surface area contributed by atoms with Crippen LogP contribution in [0.5, 0.6) is 0 Å². The first kappa shape index (κ1) is 17.0. The number of piperidine rings is 1. The van der Waals surface area contributed by atoms with Crippen molar-refractivity contribution < 1.29 is 29.0 Å². The van der Waals surface area contributed by atoms with E-state index in [0.29, 0.717) is 32.5 Å². The van der Waals surface area contributed by atoms with Gasteiger partial charge in [-0.05, 0) is 12.8 Å². The second-order valence-electron chi connectivity index (χ2n) is 6.79. The summed E-state index contributed by atoms with van der Waals surface area (Å²) in [6, 6.07) is 0. The lowest BCUT2D eigenvalue weighted by Crippen LogP contribution is -2.65.